The predicted molar refractivity (Wildman–Crippen MR) is 95.5 cm³/mol. The molecule has 0 fully saturated rings. The van der Waals surface area contributed by atoms with Gasteiger partial charge >= 0.3 is 0 Å². The number of hydrogen-bond acceptors (Lipinski definition) is 5. The van der Waals surface area contributed by atoms with Crippen molar-refractivity contribution in [2.24, 2.45) is 4.40 Å². The number of para-hydroxylation sites is 1. The third-order valence-electron chi connectivity index (χ3n) is 3.98. The number of amidine groups is 1. The highest BCUT2D eigenvalue weighted by Gasteiger charge is 2.30. The molecule has 0 bridgehead atoms. The van der Waals surface area contributed by atoms with Gasteiger partial charge in [-0.1, -0.05) is 18.2 Å². The Bertz CT molecular complexity index is 1060. The molecule has 0 unspecified atom stereocenters. The van der Waals surface area contributed by atoms with Crippen LogP contribution in [0, 0.1) is 0 Å². The van der Waals surface area contributed by atoms with Gasteiger partial charge in [-0.15, -0.1) is 4.40 Å². The van der Waals surface area contributed by atoms with E-state index < -0.39 is 15.9 Å². The number of nitrogens with zero attached hydrogens (tertiary/aromatic N) is 3. The smallest absolute Gasteiger partial charge is 0.259 e. The van der Waals surface area contributed by atoms with E-state index >= 15 is 0 Å². The quantitative estimate of drug-likeness (QED) is 0.886. The molecular formula is C17H14N4O3S. The highest BCUT2D eigenvalue weighted by Crippen LogP contribution is 2.23. The minimum absolute atomic E-state index is 0.0665. The van der Waals surface area contributed by atoms with E-state index in [4.69, 9.17) is 0 Å². The van der Waals surface area contributed by atoms with Gasteiger partial charge in [0, 0.05) is 24.3 Å². The fourth-order valence-electron chi connectivity index (χ4n) is 2.79. The normalized spacial score (nSPS) is 18.3. The molecule has 2 aromatic rings. The Morgan fingerprint density at radius 2 is 2.04 bits per heavy atom. The second-order valence-corrected chi connectivity index (χ2v) is 7.41. The summed E-state index contributed by atoms with van der Waals surface area (Å²) in [6, 6.07) is 9.20. The zero-order chi connectivity index (χ0) is 17.4. The molecular weight excluding hydrogens is 340 g/mol. The van der Waals surface area contributed by atoms with E-state index in [0.717, 1.165) is 5.39 Å². The number of anilines is 1. The first kappa shape index (κ1) is 15.5. The van der Waals surface area contributed by atoms with E-state index in [-0.39, 0.29) is 23.7 Å². The summed E-state index contributed by atoms with van der Waals surface area (Å²) in [5.41, 5.74) is 1.43. The number of nitrogens with one attached hydrogen (secondary N) is 1. The van der Waals surface area contributed by atoms with Gasteiger partial charge in [-0.2, -0.15) is 0 Å². The maximum Gasteiger partial charge on any atom is 0.259 e. The Balaban J connectivity index is 1.70. The van der Waals surface area contributed by atoms with Crippen molar-refractivity contribution in [3.63, 3.8) is 0 Å². The molecule has 3 heterocycles. The lowest BCUT2D eigenvalue weighted by atomic mass is 10.1. The Morgan fingerprint density at radius 3 is 2.92 bits per heavy atom. The van der Waals surface area contributed by atoms with Crippen LogP contribution in [0.15, 0.2) is 64.9 Å². The topological polar surface area (TPSA) is 91.7 Å². The van der Waals surface area contributed by atoms with Crippen molar-refractivity contribution in [3.05, 3.63) is 60.5 Å². The average molecular weight is 354 g/mol. The molecule has 0 spiro atoms. The number of fused-ring (bicyclic) bond motifs is 2. The second kappa shape index (κ2) is 5.82. The lowest BCUT2D eigenvalue weighted by Gasteiger charge is -2.28. The van der Waals surface area contributed by atoms with Gasteiger partial charge in [-0.25, -0.2) is 8.42 Å². The molecule has 0 atom stereocenters. The monoisotopic (exact) mass is 354 g/mol. The molecule has 25 heavy (non-hydrogen) atoms. The van der Waals surface area contributed by atoms with Gasteiger partial charge in [0.05, 0.1) is 22.5 Å². The van der Waals surface area contributed by atoms with Crippen LogP contribution in [0.5, 0.6) is 0 Å². The average Bonchev–Trinajstić information content (AvgIpc) is 2.61. The molecule has 0 saturated heterocycles. The molecule has 7 nitrogen and oxygen atoms in total. The van der Waals surface area contributed by atoms with E-state index in [0.29, 0.717) is 11.2 Å². The van der Waals surface area contributed by atoms with Crippen LogP contribution in [0.4, 0.5) is 5.69 Å². The van der Waals surface area contributed by atoms with E-state index in [1.165, 1.54) is 0 Å². The van der Waals surface area contributed by atoms with Crippen LogP contribution in [-0.4, -0.2) is 42.3 Å². The fourth-order valence-corrected chi connectivity index (χ4v) is 3.77. The highest BCUT2D eigenvalue weighted by molar-refractivity contribution is 7.90. The number of aromatic nitrogens is 1. The summed E-state index contributed by atoms with van der Waals surface area (Å²) in [6.07, 6.45) is 6.63. The zero-order valence-electron chi connectivity index (χ0n) is 13.1. The second-order valence-electron chi connectivity index (χ2n) is 5.65. The van der Waals surface area contributed by atoms with E-state index in [1.807, 2.05) is 24.3 Å². The minimum Gasteiger partial charge on any atom is -0.331 e. The third-order valence-corrected chi connectivity index (χ3v) is 5.13. The van der Waals surface area contributed by atoms with E-state index in [2.05, 4.69) is 14.7 Å². The molecule has 1 aromatic heterocycles. The standard InChI is InChI=1S/C17H14N4O3S/c22-17(19-14-7-1-4-12-5-2-8-18-15(12)14)13-6-3-9-21-10-11-25(23,24)20-16(13)21/h1-9H,10-11H2,(H,19,22). The maximum atomic E-state index is 12.7. The Hall–Kier alpha value is -3.00. The van der Waals surface area contributed by atoms with Crippen molar-refractivity contribution in [2.45, 2.75) is 0 Å². The minimum atomic E-state index is -3.55. The Kier molecular flexibility index (Phi) is 3.61. The number of carbonyl (C=O) groups excluding carboxylic acids is 1. The largest absolute Gasteiger partial charge is 0.331 e. The van der Waals surface area contributed by atoms with Gasteiger partial charge in [0.1, 0.15) is 0 Å². The first-order valence-corrected chi connectivity index (χ1v) is 9.28. The number of allylic oxidation sites excluding steroid dienone is 2. The number of carbonyl (C=O) groups is 1. The van der Waals surface area contributed by atoms with Crippen LogP contribution in [0.3, 0.4) is 0 Å². The van der Waals surface area contributed by atoms with Gasteiger partial charge < -0.3 is 10.2 Å². The maximum absolute atomic E-state index is 12.7. The summed E-state index contributed by atoms with van der Waals surface area (Å²) < 4.78 is 27.4. The molecule has 8 heteroatoms. The van der Waals surface area contributed by atoms with Crippen LogP contribution in [0.1, 0.15) is 0 Å². The highest BCUT2D eigenvalue weighted by atomic mass is 32.2. The summed E-state index contributed by atoms with van der Waals surface area (Å²) in [5, 5.41) is 3.71. The number of sulfonamides is 1. The number of hydrogen-bond donors (Lipinski definition) is 1. The predicted octanol–water partition coefficient (Wildman–Crippen LogP) is 1.67. The van der Waals surface area contributed by atoms with Crippen molar-refractivity contribution in [1.82, 2.24) is 9.88 Å². The summed E-state index contributed by atoms with van der Waals surface area (Å²) in [7, 11) is -3.55. The van der Waals surface area contributed by atoms with Gasteiger partial charge in [0.25, 0.3) is 15.9 Å². The van der Waals surface area contributed by atoms with Crippen molar-refractivity contribution >= 4 is 38.4 Å². The third kappa shape index (κ3) is 2.91. The molecule has 0 saturated carbocycles. The fraction of sp³-hybridized carbons (Fsp3) is 0.118. The van der Waals surface area contributed by atoms with Gasteiger partial charge in [0.15, 0.2) is 5.84 Å². The molecule has 2 aliphatic heterocycles. The van der Waals surface area contributed by atoms with E-state index in [9.17, 15) is 13.2 Å². The Labute approximate surface area is 144 Å². The molecule has 2 aliphatic rings. The van der Waals surface area contributed by atoms with Gasteiger partial charge in [0.2, 0.25) is 0 Å². The summed E-state index contributed by atoms with van der Waals surface area (Å²) in [5.74, 6) is -0.342. The SMILES string of the molecule is O=C(Nc1cccc2cccnc12)C1=CC=CN2CCS(=O)(=O)N=C12. The number of rotatable bonds is 2. The molecule has 0 radical (unpaired) electrons. The van der Waals surface area contributed by atoms with Crippen molar-refractivity contribution in [3.8, 4) is 0 Å². The van der Waals surface area contributed by atoms with E-state index in [1.54, 1.807) is 35.5 Å². The molecule has 1 N–H and O–H groups in total. The molecule has 1 amide bonds. The zero-order valence-corrected chi connectivity index (χ0v) is 13.9. The first-order chi connectivity index (χ1) is 12.0. The molecule has 4 rings (SSSR count). The molecule has 0 aliphatic carbocycles. The van der Waals surface area contributed by atoms with Gasteiger partial charge in [-0.05, 0) is 24.3 Å². The van der Waals surface area contributed by atoms with Crippen molar-refractivity contribution in [1.29, 1.82) is 0 Å². The van der Waals surface area contributed by atoms with Crippen LogP contribution >= 0.6 is 0 Å². The van der Waals surface area contributed by atoms with Crippen LogP contribution in [0.25, 0.3) is 10.9 Å². The summed E-state index contributed by atoms with van der Waals surface area (Å²) in [6.45, 7) is 0.276. The van der Waals surface area contributed by atoms with Gasteiger partial charge in [-0.3, -0.25) is 9.78 Å². The van der Waals surface area contributed by atoms with Crippen LogP contribution in [-0.2, 0) is 14.8 Å². The van der Waals surface area contributed by atoms with Crippen molar-refractivity contribution in [2.75, 3.05) is 17.6 Å². The van der Waals surface area contributed by atoms with Crippen LogP contribution in [0.2, 0.25) is 0 Å². The number of amides is 1. The number of pyridine rings is 1. The van der Waals surface area contributed by atoms with Crippen molar-refractivity contribution < 1.29 is 13.2 Å². The first-order valence-electron chi connectivity index (χ1n) is 7.67. The summed E-state index contributed by atoms with van der Waals surface area (Å²) >= 11 is 0. The Morgan fingerprint density at radius 1 is 1.20 bits per heavy atom. The molecule has 126 valence electrons. The summed E-state index contributed by atoms with van der Waals surface area (Å²) in [4.78, 5) is 18.7. The lowest BCUT2D eigenvalue weighted by Crippen LogP contribution is -2.40. The molecule has 1 aromatic carbocycles. The lowest BCUT2D eigenvalue weighted by molar-refractivity contribution is -0.112. The van der Waals surface area contributed by atoms with Crippen LogP contribution < -0.4 is 5.32 Å². The number of benzene rings is 1.